The first-order valence-electron chi connectivity index (χ1n) is 6.43. The Morgan fingerprint density at radius 1 is 1.20 bits per heavy atom. The van der Waals surface area contributed by atoms with Gasteiger partial charge in [-0.2, -0.15) is 0 Å². The van der Waals surface area contributed by atoms with E-state index < -0.39 is 6.10 Å². The smallest absolute Gasteiger partial charge is 0.123 e. The third-order valence-corrected chi connectivity index (χ3v) is 3.84. The average Bonchev–Trinajstić information content (AvgIpc) is 2.44. The van der Waals surface area contributed by atoms with E-state index in [2.05, 4.69) is 0 Å². The summed E-state index contributed by atoms with van der Waals surface area (Å²) in [5.74, 6) is -0.746. The van der Waals surface area contributed by atoms with Gasteiger partial charge in [0.2, 0.25) is 0 Å². The van der Waals surface area contributed by atoms with E-state index in [0.29, 0.717) is 10.6 Å². The molecule has 0 fully saturated rings. The Morgan fingerprint density at radius 2 is 1.90 bits per heavy atom. The predicted octanol–water partition coefficient (Wildman–Crippen LogP) is 3.56. The van der Waals surface area contributed by atoms with E-state index in [9.17, 15) is 9.50 Å². The molecular weight excluding hydrogens is 277 g/mol. The van der Waals surface area contributed by atoms with E-state index in [4.69, 9.17) is 17.3 Å². The lowest BCUT2D eigenvalue weighted by Gasteiger charge is -2.24. The van der Waals surface area contributed by atoms with Crippen LogP contribution in [0.2, 0.25) is 5.02 Å². The standard InChI is InChI=1S/C16H17ClFNO/c1-10-6-7-11(18)8-13(10)16(20)14(9-19)12-4-2-3-5-15(12)17/h2-8,14,16,20H,9,19H2,1H3. The number of aryl methyl sites for hydroxylation is 1. The van der Waals surface area contributed by atoms with Gasteiger partial charge in [-0.15, -0.1) is 0 Å². The molecule has 0 bridgehead atoms. The molecule has 106 valence electrons. The Balaban J connectivity index is 2.41. The Hall–Kier alpha value is -1.42. The van der Waals surface area contributed by atoms with Gasteiger partial charge in [-0.25, -0.2) is 4.39 Å². The highest BCUT2D eigenvalue weighted by Crippen LogP contribution is 2.35. The second-order valence-corrected chi connectivity index (χ2v) is 5.22. The molecule has 0 aromatic heterocycles. The lowest BCUT2D eigenvalue weighted by atomic mass is 9.87. The number of aliphatic hydroxyl groups is 1. The number of rotatable bonds is 4. The van der Waals surface area contributed by atoms with Crippen LogP contribution in [0.4, 0.5) is 4.39 Å². The fraction of sp³-hybridized carbons (Fsp3) is 0.250. The second-order valence-electron chi connectivity index (χ2n) is 4.81. The zero-order valence-electron chi connectivity index (χ0n) is 11.2. The number of hydrogen-bond donors (Lipinski definition) is 2. The highest BCUT2D eigenvalue weighted by molar-refractivity contribution is 6.31. The molecule has 0 aliphatic carbocycles. The quantitative estimate of drug-likeness (QED) is 0.905. The lowest BCUT2D eigenvalue weighted by molar-refractivity contribution is 0.146. The molecule has 2 aromatic rings. The van der Waals surface area contributed by atoms with Gasteiger partial charge in [-0.05, 0) is 41.8 Å². The van der Waals surface area contributed by atoms with Crippen LogP contribution in [-0.4, -0.2) is 11.7 Å². The number of hydrogen-bond acceptors (Lipinski definition) is 2. The molecule has 0 saturated heterocycles. The van der Waals surface area contributed by atoms with Crippen molar-refractivity contribution in [1.29, 1.82) is 0 Å². The molecular formula is C16H17ClFNO. The minimum atomic E-state index is -0.893. The third kappa shape index (κ3) is 3.01. The van der Waals surface area contributed by atoms with Gasteiger partial charge in [-0.3, -0.25) is 0 Å². The van der Waals surface area contributed by atoms with Crippen LogP contribution >= 0.6 is 11.6 Å². The molecule has 2 nitrogen and oxygen atoms in total. The summed E-state index contributed by atoms with van der Waals surface area (Å²) in [5.41, 5.74) is 7.92. The van der Waals surface area contributed by atoms with Crippen LogP contribution in [0.3, 0.4) is 0 Å². The maximum absolute atomic E-state index is 13.4. The minimum Gasteiger partial charge on any atom is -0.388 e. The molecule has 0 spiro atoms. The summed E-state index contributed by atoms with van der Waals surface area (Å²) in [6.45, 7) is 2.05. The Labute approximate surface area is 123 Å². The van der Waals surface area contributed by atoms with E-state index >= 15 is 0 Å². The van der Waals surface area contributed by atoms with Crippen molar-refractivity contribution in [3.8, 4) is 0 Å². The van der Waals surface area contributed by atoms with Crippen molar-refractivity contribution in [2.45, 2.75) is 18.9 Å². The number of nitrogens with two attached hydrogens (primary N) is 1. The zero-order chi connectivity index (χ0) is 14.7. The van der Waals surface area contributed by atoms with Gasteiger partial charge in [0.25, 0.3) is 0 Å². The molecule has 0 aliphatic rings. The van der Waals surface area contributed by atoms with Crippen molar-refractivity contribution < 1.29 is 9.50 Å². The monoisotopic (exact) mass is 293 g/mol. The molecule has 0 saturated carbocycles. The molecule has 0 radical (unpaired) electrons. The van der Waals surface area contributed by atoms with E-state index in [1.807, 2.05) is 25.1 Å². The van der Waals surface area contributed by atoms with Crippen LogP contribution in [0.5, 0.6) is 0 Å². The first kappa shape index (κ1) is 15.0. The number of aliphatic hydroxyl groups excluding tert-OH is 1. The topological polar surface area (TPSA) is 46.2 Å². The highest BCUT2D eigenvalue weighted by atomic mass is 35.5. The summed E-state index contributed by atoms with van der Waals surface area (Å²) in [6, 6.07) is 11.6. The maximum atomic E-state index is 13.4. The largest absolute Gasteiger partial charge is 0.388 e. The molecule has 4 heteroatoms. The zero-order valence-corrected chi connectivity index (χ0v) is 11.9. The minimum absolute atomic E-state index is 0.223. The molecule has 2 atom stereocenters. The van der Waals surface area contributed by atoms with E-state index in [1.165, 1.54) is 12.1 Å². The van der Waals surface area contributed by atoms with E-state index in [0.717, 1.165) is 11.1 Å². The van der Waals surface area contributed by atoms with Gasteiger partial charge in [0.1, 0.15) is 5.82 Å². The first-order chi connectivity index (χ1) is 9.54. The van der Waals surface area contributed by atoms with Gasteiger partial charge >= 0.3 is 0 Å². The summed E-state index contributed by atoms with van der Waals surface area (Å²) < 4.78 is 13.4. The number of benzene rings is 2. The van der Waals surface area contributed by atoms with Crippen molar-refractivity contribution in [3.63, 3.8) is 0 Å². The van der Waals surface area contributed by atoms with Crippen LogP contribution in [-0.2, 0) is 0 Å². The van der Waals surface area contributed by atoms with Gasteiger partial charge in [-0.1, -0.05) is 35.9 Å². The Kier molecular flexibility index (Phi) is 4.76. The maximum Gasteiger partial charge on any atom is 0.123 e. The van der Waals surface area contributed by atoms with Crippen LogP contribution in [0, 0.1) is 12.7 Å². The molecule has 2 aromatic carbocycles. The molecule has 2 rings (SSSR count). The molecule has 0 amide bonds. The Bertz CT molecular complexity index is 603. The van der Waals surface area contributed by atoms with Crippen LogP contribution < -0.4 is 5.73 Å². The van der Waals surface area contributed by atoms with Gasteiger partial charge in [0.15, 0.2) is 0 Å². The summed E-state index contributed by atoms with van der Waals surface area (Å²) in [6.07, 6.45) is -0.893. The van der Waals surface area contributed by atoms with Crippen molar-refractivity contribution in [2.75, 3.05) is 6.54 Å². The fourth-order valence-corrected chi connectivity index (χ4v) is 2.62. The molecule has 2 unspecified atom stereocenters. The van der Waals surface area contributed by atoms with Gasteiger partial charge in [0.05, 0.1) is 6.10 Å². The van der Waals surface area contributed by atoms with Crippen LogP contribution in [0.1, 0.15) is 28.7 Å². The molecule has 0 heterocycles. The van der Waals surface area contributed by atoms with Crippen LogP contribution in [0.15, 0.2) is 42.5 Å². The van der Waals surface area contributed by atoms with E-state index in [-0.39, 0.29) is 18.3 Å². The van der Waals surface area contributed by atoms with Crippen molar-refractivity contribution in [2.24, 2.45) is 5.73 Å². The summed E-state index contributed by atoms with van der Waals surface area (Å²) >= 11 is 6.16. The number of halogens is 2. The van der Waals surface area contributed by atoms with E-state index in [1.54, 1.807) is 12.1 Å². The predicted molar refractivity (Wildman–Crippen MR) is 79.3 cm³/mol. The SMILES string of the molecule is Cc1ccc(F)cc1C(O)C(CN)c1ccccc1Cl. The third-order valence-electron chi connectivity index (χ3n) is 3.50. The van der Waals surface area contributed by atoms with Gasteiger partial charge in [0, 0.05) is 17.5 Å². The Morgan fingerprint density at radius 3 is 2.55 bits per heavy atom. The van der Waals surface area contributed by atoms with Gasteiger partial charge < -0.3 is 10.8 Å². The summed E-state index contributed by atoms with van der Waals surface area (Å²) in [7, 11) is 0. The summed E-state index contributed by atoms with van der Waals surface area (Å²) in [4.78, 5) is 0. The van der Waals surface area contributed by atoms with Crippen molar-refractivity contribution in [1.82, 2.24) is 0 Å². The van der Waals surface area contributed by atoms with Crippen molar-refractivity contribution >= 4 is 11.6 Å². The second kappa shape index (κ2) is 6.35. The average molecular weight is 294 g/mol. The first-order valence-corrected chi connectivity index (χ1v) is 6.81. The fourth-order valence-electron chi connectivity index (χ4n) is 2.35. The summed E-state index contributed by atoms with van der Waals surface area (Å²) in [5, 5.41) is 11.1. The molecule has 20 heavy (non-hydrogen) atoms. The normalized spacial score (nSPS) is 14.1. The lowest BCUT2D eigenvalue weighted by Crippen LogP contribution is -2.21. The van der Waals surface area contributed by atoms with Crippen molar-refractivity contribution in [3.05, 3.63) is 70.0 Å². The molecule has 3 N–H and O–H groups in total. The molecule has 0 aliphatic heterocycles. The van der Waals surface area contributed by atoms with Crippen LogP contribution in [0.25, 0.3) is 0 Å². The highest BCUT2D eigenvalue weighted by Gasteiger charge is 2.24.